The van der Waals surface area contributed by atoms with Crippen LogP contribution < -0.4 is 10.2 Å². The zero-order chi connectivity index (χ0) is 11.9. The normalized spacial score (nSPS) is 19.6. The summed E-state index contributed by atoms with van der Waals surface area (Å²) in [7, 11) is 0. The number of alkyl halides is 1. The van der Waals surface area contributed by atoms with Crippen molar-refractivity contribution in [3.05, 3.63) is 18.5 Å². The van der Waals surface area contributed by atoms with Gasteiger partial charge in [0.2, 0.25) is 5.95 Å². The van der Waals surface area contributed by atoms with Crippen LogP contribution in [0.2, 0.25) is 0 Å². The summed E-state index contributed by atoms with van der Waals surface area (Å²) < 4.78 is 0. The van der Waals surface area contributed by atoms with Crippen LogP contribution in [0.15, 0.2) is 18.5 Å². The maximum atomic E-state index is 4.31. The van der Waals surface area contributed by atoms with Crippen LogP contribution in [0, 0.1) is 11.8 Å². The summed E-state index contributed by atoms with van der Waals surface area (Å²) in [6, 6.07) is 2.20. The van der Waals surface area contributed by atoms with Crippen molar-refractivity contribution in [2.45, 2.75) is 12.5 Å². The van der Waals surface area contributed by atoms with Gasteiger partial charge in [0.1, 0.15) is 0 Å². The smallest absolute Gasteiger partial charge is 0.225 e. The molecule has 5 heteroatoms. The van der Waals surface area contributed by atoms with E-state index >= 15 is 0 Å². The first-order valence-electron chi connectivity index (χ1n) is 5.68. The molecule has 2 heterocycles. The van der Waals surface area contributed by atoms with Gasteiger partial charge in [0.05, 0.1) is 11.4 Å². The molecule has 2 rings (SSSR count). The SMILES string of the molecule is BrCC#CCC1CNCCN1c1ncccn1. The molecule has 0 saturated carbocycles. The number of rotatable bonds is 2. The predicted octanol–water partition coefficient (Wildman–Crippen LogP) is 1.04. The van der Waals surface area contributed by atoms with Crippen LogP contribution in [0.1, 0.15) is 6.42 Å². The van der Waals surface area contributed by atoms with Crippen LogP contribution in [0.5, 0.6) is 0 Å². The molecule has 1 aliphatic heterocycles. The minimum atomic E-state index is 0.359. The summed E-state index contributed by atoms with van der Waals surface area (Å²) in [4.78, 5) is 10.9. The zero-order valence-corrected chi connectivity index (χ0v) is 11.2. The van der Waals surface area contributed by atoms with Crippen molar-refractivity contribution < 1.29 is 0 Å². The number of halogens is 1. The van der Waals surface area contributed by atoms with Crippen molar-refractivity contribution in [1.82, 2.24) is 15.3 Å². The second kappa shape index (κ2) is 6.58. The second-order valence-corrected chi connectivity index (χ2v) is 4.35. The molecule has 0 amide bonds. The summed E-state index contributed by atoms with van der Waals surface area (Å²) in [6.45, 7) is 2.85. The lowest BCUT2D eigenvalue weighted by atomic mass is 10.1. The van der Waals surface area contributed by atoms with Gasteiger partial charge in [-0.3, -0.25) is 0 Å². The number of anilines is 1. The molecule has 1 aliphatic rings. The van der Waals surface area contributed by atoms with Crippen LogP contribution in [-0.2, 0) is 0 Å². The van der Waals surface area contributed by atoms with E-state index in [0.29, 0.717) is 6.04 Å². The van der Waals surface area contributed by atoms with Gasteiger partial charge in [-0.05, 0) is 6.07 Å². The van der Waals surface area contributed by atoms with E-state index in [0.717, 1.165) is 37.3 Å². The minimum absolute atomic E-state index is 0.359. The van der Waals surface area contributed by atoms with Crippen molar-refractivity contribution in [3.63, 3.8) is 0 Å². The summed E-state index contributed by atoms with van der Waals surface area (Å²) >= 11 is 3.31. The Bertz CT molecular complexity index is 398. The fourth-order valence-electron chi connectivity index (χ4n) is 1.88. The van der Waals surface area contributed by atoms with Gasteiger partial charge in [-0.25, -0.2) is 9.97 Å². The molecule has 0 spiro atoms. The molecule has 4 nitrogen and oxygen atoms in total. The fraction of sp³-hybridized carbons (Fsp3) is 0.500. The van der Waals surface area contributed by atoms with Gasteiger partial charge in [0, 0.05) is 38.4 Å². The highest BCUT2D eigenvalue weighted by molar-refractivity contribution is 9.09. The molecular weight excluding hydrogens is 280 g/mol. The number of piperazine rings is 1. The third kappa shape index (κ3) is 3.42. The maximum absolute atomic E-state index is 4.31. The van der Waals surface area contributed by atoms with E-state index < -0.39 is 0 Å². The molecule has 0 bridgehead atoms. The highest BCUT2D eigenvalue weighted by Gasteiger charge is 2.23. The highest BCUT2D eigenvalue weighted by Crippen LogP contribution is 2.13. The van der Waals surface area contributed by atoms with Crippen molar-refractivity contribution in [2.75, 3.05) is 29.9 Å². The first-order chi connectivity index (χ1) is 8.42. The molecule has 1 fully saturated rings. The number of aromatic nitrogens is 2. The first kappa shape index (κ1) is 12.3. The van der Waals surface area contributed by atoms with Gasteiger partial charge < -0.3 is 10.2 Å². The summed E-state index contributed by atoms with van der Waals surface area (Å²) in [5.74, 6) is 7.01. The molecule has 17 heavy (non-hydrogen) atoms. The average Bonchev–Trinajstić information content (AvgIpc) is 2.41. The fourth-order valence-corrected chi connectivity index (χ4v) is 2.08. The predicted molar refractivity (Wildman–Crippen MR) is 72.2 cm³/mol. The van der Waals surface area contributed by atoms with Crippen molar-refractivity contribution in [2.24, 2.45) is 0 Å². The Balaban J connectivity index is 2.07. The Morgan fingerprint density at radius 2 is 2.24 bits per heavy atom. The Kier molecular flexibility index (Phi) is 4.77. The van der Waals surface area contributed by atoms with Gasteiger partial charge in [-0.2, -0.15) is 0 Å². The lowest BCUT2D eigenvalue weighted by molar-refractivity contribution is 0.474. The Morgan fingerprint density at radius 3 is 3.00 bits per heavy atom. The van der Waals surface area contributed by atoms with Gasteiger partial charge in [0.25, 0.3) is 0 Å². The number of hydrogen-bond acceptors (Lipinski definition) is 4. The van der Waals surface area contributed by atoms with E-state index in [4.69, 9.17) is 0 Å². The van der Waals surface area contributed by atoms with Crippen molar-refractivity contribution >= 4 is 21.9 Å². The van der Waals surface area contributed by atoms with E-state index in [9.17, 15) is 0 Å². The Morgan fingerprint density at radius 1 is 1.41 bits per heavy atom. The van der Waals surface area contributed by atoms with Gasteiger partial charge in [-0.15, -0.1) is 5.92 Å². The van der Waals surface area contributed by atoms with E-state index in [1.807, 2.05) is 6.07 Å². The lowest BCUT2D eigenvalue weighted by Gasteiger charge is -2.35. The summed E-state index contributed by atoms with van der Waals surface area (Å²) in [5.41, 5.74) is 0. The number of nitrogens with one attached hydrogen (secondary N) is 1. The van der Waals surface area contributed by atoms with E-state index in [-0.39, 0.29) is 0 Å². The summed E-state index contributed by atoms with van der Waals surface area (Å²) in [5, 5.41) is 4.12. The molecule has 90 valence electrons. The monoisotopic (exact) mass is 294 g/mol. The molecule has 1 aromatic rings. The van der Waals surface area contributed by atoms with Crippen LogP contribution in [0.4, 0.5) is 5.95 Å². The Hall–Kier alpha value is -1.12. The molecule has 1 atom stereocenters. The average molecular weight is 295 g/mol. The van der Waals surface area contributed by atoms with Gasteiger partial charge >= 0.3 is 0 Å². The van der Waals surface area contributed by atoms with Crippen LogP contribution in [0.3, 0.4) is 0 Å². The quantitative estimate of drug-likeness (QED) is 0.654. The number of nitrogens with zero attached hydrogens (tertiary/aromatic N) is 3. The molecule has 0 radical (unpaired) electrons. The first-order valence-corrected chi connectivity index (χ1v) is 6.80. The van der Waals surface area contributed by atoms with Crippen molar-refractivity contribution in [1.29, 1.82) is 0 Å². The van der Waals surface area contributed by atoms with Crippen LogP contribution in [0.25, 0.3) is 0 Å². The topological polar surface area (TPSA) is 41.0 Å². The van der Waals surface area contributed by atoms with E-state index in [1.165, 1.54) is 0 Å². The molecule has 1 unspecified atom stereocenters. The molecule has 1 N–H and O–H groups in total. The van der Waals surface area contributed by atoms with Gasteiger partial charge in [-0.1, -0.05) is 21.9 Å². The standard InChI is InChI=1S/C12H15BrN4/c13-5-2-1-4-11-10-14-8-9-17(11)12-15-6-3-7-16-12/h3,6-7,11,14H,4-5,8-10H2. The largest absolute Gasteiger partial charge is 0.334 e. The maximum Gasteiger partial charge on any atom is 0.225 e. The minimum Gasteiger partial charge on any atom is -0.334 e. The highest BCUT2D eigenvalue weighted by atomic mass is 79.9. The van der Waals surface area contributed by atoms with E-state index in [2.05, 4.69) is 48.0 Å². The second-order valence-electron chi connectivity index (χ2n) is 3.79. The van der Waals surface area contributed by atoms with Crippen molar-refractivity contribution in [3.8, 4) is 11.8 Å². The third-order valence-electron chi connectivity index (χ3n) is 2.69. The molecule has 1 aromatic heterocycles. The molecule has 0 aliphatic carbocycles. The molecule has 0 aromatic carbocycles. The Labute approximate surface area is 110 Å². The zero-order valence-electron chi connectivity index (χ0n) is 9.56. The molecular formula is C12H15BrN4. The lowest BCUT2D eigenvalue weighted by Crippen LogP contribution is -2.51. The van der Waals surface area contributed by atoms with Gasteiger partial charge in [0.15, 0.2) is 0 Å². The summed E-state index contributed by atoms with van der Waals surface area (Å²) in [6.07, 6.45) is 4.41. The molecule has 1 saturated heterocycles. The number of hydrogen-bond donors (Lipinski definition) is 1. The third-order valence-corrected chi connectivity index (χ3v) is 2.97. The van der Waals surface area contributed by atoms with Crippen LogP contribution in [-0.4, -0.2) is 41.0 Å². The van der Waals surface area contributed by atoms with E-state index in [1.54, 1.807) is 12.4 Å². The van der Waals surface area contributed by atoms with Crippen LogP contribution >= 0.6 is 15.9 Å².